The van der Waals surface area contributed by atoms with E-state index in [9.17, 15) is 36.5 Å². The zero-order valence-corrected chi connectivity index (χ0v) is 34.5. The van der Waals surface area contributed by atoms with Crippen molar-refractivity contribution < 1.29 is 115 Å². The molecule has 27 nitrogen and oxygen atoms in total. The van der Waals surface area contributed by atoms with Crippen LogP contribution in [0.15, 0.2) is 0 Å². The second-order valence-corrected chi connectivity index (χ2v) is 22.4. The Hall–Kier alpha value is 3.08. The smallest absolute Gasteiger partial charge is 0.329 e. The van der Waals surface area contributed by atoms with Gasteiger partial charge >= 0.3 is 60.8 Å². The topological polar surface area (TPSA) is 524 Å². The molecule has 0 atom stereocenters. The molecule has 37 heteroatoms. The van der Waals surface area contributed by atoms with Crippen LogP contribution in [-0.4, -0.2) is 187 Å². The largest absolute Gasteiger partial charge is 0.337 e. The molecule has 0 saturated carbocycles. The third-order valence-corrected chi connectivity index (χ3v) is 13.9. The first-order chi connectivity index (χ1) is 18.2. The van der Waals surface area contributed by atoms with Crippen molar-refractivity contribution >= 4 is 120 Å². The predicted octanol–water partition coefficient (Wildman–Crippen LogP) is -5.07. The summed E-state index contributed by atoms with van der Waals surface area (Å²) in [5.41, 5.74) is 10.3. The Kier molecular flexibility index (Phi) is 38.9. The summed E-state index contributed by atoms with van der Waals surface area (Å²) < 4.78 is 78.8. The van der Waals surface area contributed by atoms with Crippen molar-refractivity contribution in [1.82, 2.24) is 5.32 Å². The summed E-state index contributed by atoms with van der Waals surface area (Å²) in [5, 5.41) is 3.03. The van der Waals surface area contributed by atoms with Gasteiger partial charge in [-0.05, 0) is 0 Å². The molecular formula is C8H37N3Na2O24P8. The number of rotatable bonds is 12. The van der Waals surface area contributed by atoms with Crippen LogP contribution in [0.2, 0.25) is 0 Å². The van der Waals surface area contributed by atoms with Gasteiger partial charge in [0.1, 0.15) is 0 Å². The van der Waals surface area contributed by atoms with Gasteiger partial charge in [0, 0.05) is 85.3 Å². The molecule has 0 unspecified atom stereocenters. The minimum absolute atomic E-state index is 0. The van der Waals surface area contributed by atoms with Crippen molar-refractivity contribution in [3.8, 4) is 0 Å². The zero-order chi connectivity index (χ0) is 36.4. The maximum Gasteiger partial charge on any atom is 0.337 e. The number of hydrogen-bond acceptors (Lipinski definition) is 11. The molecule has 0 bridgehead atoms. The molecule has 0 aliphatic heterocycles. The van der Waals surface area contributed by atoms with Crippen molar-refractivity contribution in [2.45, 2.75) is 0 Å². The summed E-state index contributed by atoms with van der Waals surface area (Å²) in [6.07, 6.45) is 0. The fraction of sp³-hybridized carbons (Fsp3) is 1.00. The van der Waals surface area contributed by atoms with Crippen LogP contribution in [0.4, 0.5) is 0 Å². The molecule has 21 N–H and O–H groups in total. The molecule has 2 radical (unpaired) electrons. The van der Waals surface area contributed by atoms with Crippen LogP contribution in [0.25, 0.3) is 0 Å². The molecule has 0 aromatic carbocycles. The molecule has 0 saturated heterocycles. The van der Waals surface area contributed by atoms with E-state index >= 15 is 0 Å². The summed E-state index contributed by atoms with van der Waals surface area (Å²) in [4.78, 5) is 128. The van der Waals surface area contributed by atoms with Crippen molar-refractivity contribution in [2.75, 3.05) is 49.8 Å². The van der Waals surface area contributed by atoms with Crippen LogP contribution >= 0.6 is 60.8 Å². The molecule has 0 amide bonds. The third kappa shape index (κ3) is 99.0. The molecule has 0 aliphatic rings. The summed E-state index contributed by atoms with van der Waals surface area (Å²) in [6, 6.07) is 0. The van der Waals surface area contributed by atoms with Crippen molar-refractivity contribution in [2.24, 2.45) is 11.5 Å². The predicted molar refractivity (Wildman–Crippen MR) is 158 cm³/mol. The van der Waals surface area contributed by atoms with Crippen molar-refractivity contribution in [1.29, 1.82) is 0 Å². The molecule has 0 rings (SSSR count). The number of nitrogens with one attached hydrogen (secondary N) is 1. The van der Waals surface area contributed by atoms with Crippen LogP contribution in [0.1, 0.15) is 0 Å². The summed E-state index contributed by atoms with van der Waals surface area (Å²) in [6.45, 7) is 3.13. The molecule has 270 valence electrons. The van der Waals surface area contributed by atoms with E-state index in [0.29, 0.717) is 13.1 Å². The molecule has 45 heavy (non-hydrogen) atoms. The van der Waals surface area contributed by atoms with Crippen LogP contribution in [0.3, 0.4) is 0 Å². The Balaban J connectivity index is -0.0000000796. The molecule has 0 aliphatic carbocycles. The minimum Gasteiger partial charge on any atom is -0.329 e. The molecule has 0 spiro atoms. The first-order valence-electron chi connectivity index (χ1n) is 9.71. The van der Waals surface area contributed by atoms with Gasteiger partial charge in [-0.3, -0.25) is 36.5 Å². The van der Waals surface area contributed by atoms with E-state index < -0.39 is 84.4 Å². The quantitative estimate of drug-likeness (QED) is 0.0496. The second-order valence-electron chi connectivity index (χ2n) is 7.21. The maximum atomic E-state index is 9.85. The zero-order valence-electron chi connectivity index (χ0n) is 23.3. The Labute approximate surface area is 299 Å². The second kappa shape index (κ2) is 27.7. The third-order valence-electron chi connectivity index (χ3n) is 2.12. The average molecular weight is 853 g/mol. The van der Waals surface area contributed by atoms with Gasteiger partial charge in [0.05, 0.1) is 0 Å². The average Bonchev–Trinajstić information content (AvgIpc) is 2.51. The molecule has 0 aromatic heterocycles. The SMILES string of the molecule is NCCNCCN.O=P(O)(O)CP(=O)(O)O.O=P(O)(O)CP(=O)(O)O.O=P(O)(O)CP(=O)(O)O.O=P(O)(O)CP(=O)(O)O.[Na].[Na]. The monoisotopic (exact) mass is 853 g/mol. The van der Waals surface area contributed by atoms with Gasteiger partial charge < -0.3 is 95.1 Å². The van der Waals surface area contributed by atoms with Crippen LogP contribution < -0.4 is 16.8 Å². The van der Waals surface area contributed by atoms with Crippen LogP contribution in [0, 0.1) is 0 Å². The first-order valence-corrected chi connectivity index (χ1v) is 24.1. The maximum absolute atomic E-state index is 9.85. The summed E-state index contributed by atoms with van der Waals surface area (Å²) in [7, 11) is -36.4. The fourth-order valence-electron chi connectivity index (χ4n) is 1.29. The Morgan fingerprint density at radius 3 is 0.489 bits per heavy atom. The van der Waals surface area contributed by atoms with Crippen LogP contribution in [-0.2, 0) is 36.5 Å². The standard InChI is InChI=1S/C4H13N3.4CH6O6P2.2Na/c5-1-3-7-4-2-6;4*2-8(3,4)1-9(5,6)7;;/h7H,1-6H2;4*1H2,(H2,2,3,4)(H2,5,6,7);;. The van der Waals surface area contributed by atoms with E-state index in [1.54, 1.807) is 0 Å². The first kappa shape index (κ1) is 63.2. The van der Waals surface area contributed by atoms with Crippen molar-refractivity contribution in [3.05, 3.63) is 0 Å². The van der Waals surface area contributed by atoms with Gasteiger partial charge in [-0.1, -0.05) is 0 Å². The van der Waals surface area contributed by atoms with Gasteiger partial charge in [0.15, 0.2) is 23.6 Å². The molecular weight excluding hydrogens is 816 g/mol. The van der Waals surface area contributed by atoms with E-state index in [-0.39, 0.29) is 59.1 Å². The Morgan fingerprint density at radius 1 is 0.333 bits per heavy atom. The molecule has 0 aromatic rings. The Morgan fingerprint density at radius 2 is 0.444 bits per heavy atom. The van der Waals surface area contributed by atoms with Gasteiger partial charge in [0.2, 0.25) is 0 Å². The number of nitrogens with two attached hydrogens (primary N) is 2. The van der Waals surface area contributed by atoms with Gasteiger partial charge in [0.25, 0.3) is 0 Å². The Bertz CT molecular complexity index is 887. The van der Waals surface area contributed by atoms with E-state index in [1.165, 1.54) is 0 Å². The van der Waals surface area contributed by atoms with E-state index in [2.05, 4.69) is 5.32 Å². The van der Waals surface area contributed by atoms with E-state index in [1.807, 2.05) is 0 Å². The van der Waals surface area contributed by atoms with Gasteiger partial charge in [-0.2, -0.15) is 0 Å². The normalized spacial score (nSPS) is 12.5. The summed E-state index contributed by atoms with van der Waals surface area (Å²) >= 11 is 0. The number of hydrogen-bond donors (Lipinski definition) is 19. The van der Waals surface area contributed by atoms with Gasteiger partial charge in [-0.25, -0.2) is 0 Å². The fourth-order valence-corrected chi connectivity index (χ4v) is 8.97. The van der Waals surface area contributed by atoms with Crippen molar-refractivity contribution in [3.63, 3.8) is 0 Å². The van der Waals surface area contributed by atoms with Gasteiger partial charge in [-0.15, -0.1) is 0 Å². The van der Waals surface area contributed by atoms with Crippen LogP contribution in [0.5, 0.6) is 0 Å². The minimum atomic E-state index is -4.55. The molecule has 0 fully saturated rings. The van der Waals surface area contributed by atoms with E-state index in [0.717, 1.165) is 13.1 Å². The molecule has 0 heterocycles. The summed E-state index contributed by atoms with van der Waals surface area (Å²) in [5.74, 6) is -5.50. The van der Waals surface area contributed by atoms with E-state index in [4.69, 9.17) is 89.8 Å².